The Bertz CT molecular complexity index is 1200. The van der Waals surface area contributed by atoms with Crippen LogP contribution in [0.2, 0.25) is 0 Å². The average Bonchev–Trinajstić information content (AvgIpc) is 2.73. The molecule has 0 atom stereocenters. The number of rotatable bonds is 8. The normalized spacial score (nSPS) is 11.2. The van der Waals surface area contributed by atoms with Crippen LogP contribution < -0.4 is 15.2 Å². The first-order valence-electron chi connectivity index (χ1n) is 9.71. The fourth-order valence-corrected chi connectivity index (χ4v) is 3.35. The molecule has 0 amide bonds. The van der Waals surface area contributed by atoms with Gasteiger partial charge in [-0.1, -0.05) is 22.9 Å². The summed E-state index contributed by atoms with van der Waals surface area (Å²) in [5, 5.41) is 13.8. The molecular formula is C22H23BrN4O4. The van der Waals surface area contributed by atoms with Gasteiger partial charge in [0.2, 0.25) is 0 Å². The van der Waals surface area contributed by atoms with Crippen LogP contribution >= 0.6 is 15.9 Å². The van der Waals surface area contributed by atoms with Gasteiger partial charge in [0, 0.05) is 42.3 Å². The maximum Gasteiger partial charge on any atom is 0.341 e. The third-order valence-corrected chi connectivity index (χ3v) is 5.02. The van der Waals surface area contributed by atoms with E-state index < -0.39 is 12.6 Å². The van der Waals surface area contributed by atoms with Gasteiger partial charge in [-0.2, -0.15) is 9.78 Å². The number of fused-ring (bicyclic) bond motifs is 1. The Hall–Kier alpha value is -3.20. The molecule has 0 saturated carbocycles. The second-order valence-electron chi connectivity index (χ2n) is 7.10. The Morgan fingerprint density at radius 3 is 2.74 bits per heavy atom. The number of hydrogen-bond donors (Lipinski definition) is 1. The van der Waals surface area contributed by atoms with Crippen molar-refractivity contribution in [3.8, 4) is 5.75 Å². The lowest BCUT2D eigenvalue weighted by molar-refractivity contribution is -0.139. The van der Waals surface area contributed by atoms with Crippen molar-refractivity contribution >= 4 is 44.7 Å². The van der Waals surface area contributed by atoms with Crippen molar-refractivity contribution in [2.45, 2.75) is 19.8 Å². The second-order valence-corrected chi connectivity index (χ2v) is 8.02. The molecule has 0 saturated heterocycles. The van der Waals surface area contributed by atoms with E-state index >= 15 is 0 Å². The van der Waals surface area contributed by atoms with Gasteiger partial charge in [-0.3, -0.25) is 4.79 Å². The fraction of sp³-hybridized carbons (Fsp3) is 0.273. The predicted molar refractivity (Wildman–Crippen MR) is 125 cm³/mol. The highest BCUT2D eigenvalue weighted by Crippen LogP contribution is 2.24. The molecule has 1 heterocycles. The molecule has 0 unspecified atom stereocenters. The Balaban J connectivity index is 2.09. The van der Waals surface area contributed by atoms with Crippen LogP contribution in [0.4, 0.5) is 5.69 Å². The molecule has 31 heavy (non-hydrogen) atoms. The predicted octanol–water partition coefficient (Wildman–Crippen LogP) is 3.52. The zero-order valence-electron chi connectivity index (χ0n) is 17.5. The van der Waals surface area contributed by atoms with Crippen LogP contribution in [-0.4, -0.2) is 47.7 Å². The van der Waals surface area contributed by atoms with E-state index in [4.69, 9.17) is 9.84 Å². The zero-order chi connectivity index (χ0) is 22.5. The number of aliphatic carboxylic acids is 1. The molecule has 162 valence electrons. The van der Waals surface area contributed by atoms with Crippen molar-refractivity contribution in [2.24, 2.45) is 5.10 Å². The molecule has 1 aromatic heterocycles. The van der Waals surface area contributed by atoms with E-state index in [0.29, 0.717) is 34.5 Å². The highest BCUT2D eigenvalue weighted by Gasteiger charge is 2.12. The minimum atomic E-state index is -1.08. The van der Waals surface area contributed by atoms with Crippen LogP contribution in [0.15, 0.2) is 50.8 Å². The summed E-state index contributed by atoms with van der Waals surface area (Å²) in [7, 11) is 3.75. The Morgan fingerprint density at radius 2 is 2.06 bits per heavy atom. The molecule has 8 nitrogen and oxygen atoms in total. The molecular weight excluding hydrogens is 464 g/mol. The lowest BCUT2D eigenvalue weighted by Crippen LogP contribution is -2.22. The summed E-state index contributed by atoms with van der Waals surface area (Å²) in [6, 6.07) is 10.7. The maximum atomic E-state index is 13.1. The number of carboxylic acids is 1. The third-order valence-electron chi connectivity index (χ3n) is 4.53. The molecule has 0 aliphatic carbocycles. The molecule has 1 N–H and O–H groups in total. The summed E-state index contributed by atoms with van der Waals surface area (Å²) < 4.78 is 7.51. The van der Waals surface area contributed by atoms with Gasteiger partial charge in [0.1, 0.15) is 11.6 Å². The number of halogens is 1. The van der Waals surface area contributed by atoms with E-state index in [2.05, 4.69) is 26.0 Å². The Labute approximate surface area is 187 Å². The quantitative estimate of drug-likeness (QED) is 0.489. The number of hydrogen-bond acceptors (Lipinski definition) is 6. The number of anilines is 1. The van der Waals surface area contributed by atoms with E-state index in [1.165, 1.54) is 10.9 Å². The summed E-state index contributed by atoms with van der Waals surface area (Å²) >= 11 is 3.39. The first-order valence-corrected chi connectivity index (χ1v) is 10.5. The lowest BCUT2D eigenvalue weighted by atomic mass is 10.2. The topological polar surface area (TPSA) is 97.0 Å². The molecule has 3 aromatic rings. The van der Waals surface area contributed by atoms with Gasteiger partial charge < -0.3 is 14.7 Å². The first-order chi connectivity index (χ1) is 14.8. The first kappa shape index (κ1) is 22.5. The number of carboxylic acid groups (broad SMARTS) is 1. The Kier molecular flexibility index (Phi) is 7.06. The van der Waals surface area contributed by atoms with Crippen molar-refractivity contribution in [2.75, 3.05) is 25.6 Å². The zero-order valence-corrected chi connectivity index (χ0v) is 19.1. The van der Waals surface area contributed by atoms with E-state index in [-0.39, 0.29) is 5.56 Å². The van der Waals surface area contributed by atoms with Crippen LogP contribution in [0.25, 0.3) is 10.9 Å². The van der Waals surface area contributed by atoms with Crippen molar-refractivity contribution in [3.63, 3.8) is 0 Å². The highest BCUT2D eigenvalue weighted by atomic mass is 79.9. The van der Waals surface area contributed by atoms with Crippen LogP contribution in [-0.2, 0) is 11.2 Å². The summed E-state index contributed by atoms with van der Waals surface area (Å²) in [6.07, 6.45) is 2.87. The SMILES string of the molecule is CCCc1nc2ccc(Br)cc2c(=O)n1N=Cc1ccc(N(C)C)cc1OCC(=O)O. The number of aromatic nitrogens is 2. The van der Waals surface area contributed by atoms with Gasteiger partial charge in [0.15, 0.2) is 6.61 Å². The van der Waals surface area contributed by atoms with E-state index in [1.54, 1.807) is 24.3 Å². The average molecular weight is 487 g/mol. The van der Waals surface area contributed by atoms with Gasteiger partial charge in [0.25, 0.3) is 5.56 Å². The number of nitrogens with zero attached hydrogens (tertiary/aromatic N) is 4. The van der Waals surface area contributed by atoms with Crippen LogP contribution in [0, 0.1) is 0 Å². The standard InChI is InChI=1S/C22H23BrN4O4/c1-4-5-20-25-18-9-7-15(23)10-17(18)22(30)27(20)24-12-14-6-8-16(26(2)3)11-19(14)31-13-21(28)29/h6-12H,4-5,13H2,1-3H3,(H,28,29). The molecule has 2 aromatic carbocycles. The minimum Gasteiger partial charge on any atom is -0.481 e. The summed E-state index contributed by atoms with van der Waals surface area (Å²) in [6.45, 7) is 1.52. The maximum absolute atomic E-state index is 13.1. The van der Waals surface area contributed by atoms with Crippen LogP contribution in [0.5, 0.6) is 5.75 Å². The van der Waals surface area contributed by atoms with E-state index in [9.17, 15) is 9.59 Å². The van der Waals surface area contributed by atoms with Gasteiger partial charge in [-0.25, -0.2) is 9.78 Å². The molecule has 0 spiro atoms. The third kappa shape index (κ3) is 5.29. The smallest absolute Gasteiger partial charge is 0.341 e. The van der Waals surface area contributed by atoms with Crippen molar-refractivity contribution in [1.29, 1.82) is 0 Å². The summed E-state index contributed by atoms with van der Waals surface area (Å²) in [5.41, 5.74) is 1.74. The van der Waals surface area contributed by atoms with Gasteiger partial charge in [0.05, 0.1) is 17.1 Å². The monoisotopic (exact) mass is 486 g/mol. The summed E-state index contributed by atoms with van der Waals surface area (Å²) in [4.78, 5) is 30.6. The van der Waals surface area contributed by atoms with Crippen molar-refractivity contribution in [1.82, 2.24) is 9.66 Å². The number of aryl methyl sites for hydroxylation is 1. The molecule has 0 fully saturated rings. The molecule has 0 aliphatic rings. The van der Waals surface area contributed by atoms with Crippen molar-refractivity contribution < 1.29 is 14.6 Å². The minimum absolute atomic E-state index is 0.274. The molecule has 9 heteroatoms. The Morgan fingerprint density at radius 1 is 1.29 bits per heavy atom. The largest absolute Gasteiger partial charge is 0.481 e. The molecule has 3 rings (SSSR count). The molecule has 0 radical (unpaired) electrons. The summed E-state index contributed by atoms with van der Waals surface area (Å²) in [5.74, 6) is -0.167. The molecule has 0 bridgehead atoms. The van der Waals surface area contributed by atoms with Crippen LogP contribution in [0.1, 0.15) is 24.7 Å². The van der Waals surface area contributed by atoms with Gasteiger partial charge in [-0.15, -0.1) is 0 Å². The molecule has 0 aliphatic heterocycles. The second kappa shape index (κ2) is 9.74. The number of ether oxygens (including phenoxy) is 1. The fourth-order valence-electron chi connectivity index (χ4n) is 2.99. The lowest BCUT2D eigenvalue weighted by Gasteiger charge is -2.15. The van der Waals surface area contributed by atoms with Gasteiger partial charge in [-0.05, 0) is 36.8 Å². The number of carbonyl (C=O) groups is 1. The van der Waals surface area contributed by atoms with E-state index in [1.807, 2.05) is 38.1 Å². The van der Waals surface area contributed by atoms with Crippen molar-refractivity contribution in [3.05, 3.63) is 62.6 Å². The van der Waals surface area contributed by atoms with Gasteiger partial charge >= 0.3 is 5.97 Å². The van der Waals surface area contributed by atoms with E-state index in [0.717, 1.165) is 16.6 Å². The number of benzene rings is 2. The van der Waals surface area contributed by atoms with Crippen LogP contribution in [0.3, 0.4) is 0 Å². The highest BCUT2D eigenvalue weighted by molar-refractivity contribution is 9.10.